The van der Waals surface area contributed by atoms with Crippen LogP contribution in [0.2, 0.25) is 10.0 Å². The summed E-state index contributed by atoms with van der Waals surface area (Å²) in [5.41, 5.74) is -0.616. The number of Topliss-reactive ketones (excluding diaryl/α,β-unsaturated/α-hetero) is 1. The van der Waals surface area contributed by atoms with Crippen molar-refractivity contribution in [2.45, 2.75) is 77.7 Å². The topological polar surface area (TPSA) is 80.7 Å². The summed E-state index contributed by atoms with van der Waals surface area (Å²) in [5, 5.41) is 10.1. The lowest BCUT2D eigenvalue weighted by molar-refractivity contribution is -0.160. The van der Waals surface area contributed by atoms with Crippen LogP contribution in [0.5, 0.6) is 0 Å². The van der Waals surface area contributed by atoms with E-state index in [-0.39, 0.29) is 24.6 Å². The van der Waals surface area contributed by atoms with E-state index >= 15 is 0 Å². The molecule has 0 heterocycles. The number of benzene rings is 1. The number of carboxylic acids is 1. The molecule has 1 aromatic carbocycles. The molecule has 30 heavy (non-hydrogen) atoms. The smallest absolute Gasteiger partial charge is 0.309 e. The predicted molar refractivity (Wildman–Crippen MR) is 117 cm³/mol. The number of ketones is 1. The Balaban J connectivity index is 2.15. The van der Waals surface area contributed by atoms with Crippen LogP contribution in [0.4, 0.5) is 0 Å². The maximum absolute atomic E-state index is 13.0. The Morgan fingerprint density at radius 1 is 1.13 bits per heavy atom. The van der Waals surface area contributed by atoms with Crippen LogP contribution in [0, 0.1) is 11.3 Å². The van der Waals surface area contributed by atoms with Gasteiger partial charge in [-0.15, -0.1) is 0 Å². The van der Waals surface area contributed by atoms with E-state index in [9.17, 15) is 19.5 Å². The predicted octanol–water partition coefficient (Wildman–Crippen LogP) is 5.88. The SMILES string of the molecule is CC(C)(C)OC(=O)C(CCC(=O)C1(CC(=O)O)CCCC1)Cc1ccc(Cl)c(Cl)c1. The molecule has 0 spiro atoms. The molecule has 1 N–H and O–H groups in total. The van der Waals surface area contributed by atoms with E-state index in [2.05, 4.69) is 0 Å². The molecule has 1 saturated carbocycles. The molecule has 0 bridgehead atoms. The largest absolute Gasteiger partial charge is 0.481 e. The van der Waals surface area contributed by atoms with Gasteiger partial charge in [0.2, 0.25) is 0 Å². The molecule has 7 heteroatoms. The first-order valence-corrected chi connectivity index (χ1v) is 11.1. The fourth-order valence-electron chi connectivity index (χ4n) is 4.11. The second kappa shape index (κ2) is 10.1. The van der Waals surface area contributed by atoms with Gasteiger partial charge in [0.25, 0.3) is 0 Å². The number of carbonyl (C=O) groups excluding carboxylic acids is 2. The summed E-state index contributed by atoms with van der Waals surface area (Å²) in [6.45, 7) is 5.39. The Kier molecular flexibility index (Phi) is 8.35. The monoisotopic (exact) mass is 456 g/mol. The average Bonchev–Trinajstić information content (AvgIpc) is 3.08. The van der Waals surface area contributed by atoms with Gasteiger partial charge in [-0.05, 0) is 64.2 Å². The third-order valence-corrected chi connectivity index (χ3v) is 6.31. The Bertz CT molecular complexity index is 791. The highest BCUT2D eigenvalue weighted by Crippen LogP contribution is 2.43. The lowest BCUT2D eigenvalue weighted by atomic mass is 9.76. The van der Waals surface area contributed by atoms with Gasteiger partial charge in [-0.1, -0.05) is 42.1 Å². The molecule has 0 radical (unpaired) electrons. The highest BCUT2D eigenvalue weighted by molar-refractivity contribution is 6.42. The van der Waals surface area contributed by atoms with Gasteiger partial charge in [0.05, 0.1) is 22.4 Å². The molecule has 1 unspecified atom stereocenters. The Morgan fingerprint density at radius 2 is 1.77 bits per heavy atom. The number of hydrogen-bond acceptors (Lipinski definition) is 4. The number of aliphatic carboxylic acids is 1. The number of carboxylic acid groups (broad SMARTS) is 1. The Hall–Kier alpha value is -1.59. The third-order valence-electron chi connectivity index (χ3n) is 5.57. The zero-order valence-electron chi connectivity index (χ0n) is 17.8. The van der Waals surface area contributed by atoms with Gasteiger partial charge < -0.3 is 9.84 Å². The van der Waals surface area contributed by atoms with E-state index in [1.165, 1.54) is 0 Å². The van der Waals surface area contributed by atoms with E-state index < -0.39 is 22.9 Å². The lowest BCUT2D eigenvalue weighted by Gasteiger charge is -2.27. The molecule has 1 fully saturated rings. The molecule has 0 aromatic heterocycles. The standard InChI is InChI=1S/C23H30Cl2O5/c1-22(2,3)30-21(29)16(12-15-6-8-17(24)18(25)13-15)7-9-19(26)23(14-20(27)28)10-4-5-11-23/h6,8,13,16H,4-5,7,9-12,14H2,1-3H3,(H,27,28). The van der Waals surface area contributed by atoms with E-state index in [1.54, 1.807) is 39.0 Å². The molecule has 0 saturated heterocycles. The first-order valence-electron chi connectivity index (χ1n) is 10.3. The molecular weight excluding hydrogens is 427 g/mol. The normalized spacial score (nSPS) is 16.8. The summed E-state index contributed by atoms with van der Waals surface area (Å²) in [4.78, 5) is 37.2. The fraction of sp³-hybridized carbons (Fsp3) is 0.609. The zero-order chi connectivity index (χ0) is 22.5. The van der Waals surface area contributed by atoms with E-state index in [4.69, 9.17) is 27.9 Å². The molecule has 2 rings (SSSR count). The highest BCUT2D eigenvalue weighted by atomic mass is 35.5. The van der Waals surface area contributed by atoms with E-state index in [0.29, 0.717) is 35.7 Å². The van der Waals surface area contributed by atoms with Crippen molar-refractivity contribution in [3.05, 3.63) is 33.8 Å². The van der Waals surface area contributed by atoms with Crippen molar-refractivity contribution >= 4 is 40.9 Å². The second-order valence-electron chi connectivity index (χ2n) is 9.20. The molecule has 1 aromatic rings. The van der Waals surface area contributed by atoms with Crippen LogP contribution in [0.3, 0.4) is 0 Å². The second-order valence-corrected chi connectivity index (χ2v) is 10.0. The third kappa shape index (κ3) is 6.98. The molecule has 0 aliphatic heterocycles. The van der Waals surface area contributed by atoms with E-state index in [0.717, 1.165) is 18.4 Å². The summed E-state index contributed by atoms with van der Waals surface area (Å²) < 4.78 is 5.57. The van der Waals surface area contributed by atoms with Crippen molar-refractivity contribution in [3.8, 4) is 0 Å². The molecule has 5 nitrogen and oxygen atoms in total. The molecule has 1 aliphatic carbocycles. The van der Waals surface area contributed by atoms with Gasteiger partial charge in [0.15, 0.2) is 0 Å². The maximum Gasteiger partial charge on any atom is 0.309 e. The zero-order valence-corrected chi connectivity index (χ0v) is 19.3. The number of hydrogen-bond donors (Lipinski definition) is 1. The van der Waals surface area contributed by atoms with Crippen LogP contribution in [0.25, 0.3) is 0 Å². The Labute approximate surface area is 188 Å². The fourth-order valence-corrected chi connectivity index (χ4v) is 4.43. The average molecular weight is 457 g/mol. The molecular formula is C23H30Cl2O5. The van der Waals surface area contributed by atoms with Crippen molar-refractivity contribution < 1.29 is 24.2 Å². The summed E-state index contributed by atoms with van der Waals surface area (Å²) in [6, 6.07) is 5.19. The van der Waals surface area contributed by atoms with Gasteiger partial charge in [-0.3, -0.25) is 14.4 Å². The summed E-state index contributed by atoms with van der Waals surface area (Å²) in [5.74, 6) is -1.93. The number of esters is 1. The molecule has 1 atom stereocenters. The van der Waals surface area contributed by atoms with Crippen molar-refractivity contribution in [1.82, 2.24) is 0 Å². The highest BCUT2D eigenvalue weighted by Gasteiger charge is 2.42. The minimum atomic E-state index is -0.954. The van der Waals surface area contributed by atoms with Gasteiger partial charge in [-0.25, -0.2) is 0 Å². The van der Waals surface area contributed by atoms with Gasteiger partial charge in [0.1, 0.15) is 11.4 Å². The maximum atomic E-state index is 13.0. The molecule has 166 valence electrons. The van der Waals surface area contributed by atoms with Crippen LogP contribution in [-0.2, 0) is 25.5 Å². The number of carbonyl (C=O) groups is 3. The van der Waals surface area contributed by atoms with Crippen molar-refractivity contribution in [3.63, 3.8) is 0 Å². The van der Waals surface area contributed by atoms with Crippen molar-refractivity contribution in [2.75, 3.05) is 0 Å². The van der Waals surface area contributed by atoms with Crippen LogP contribution in [0.15, 0.2) is 18.2 Å². The van der Waals surface area contributed by atoms with Crippen LogP contribution >= 0.6 is 23.2 Å². The molecule has 0 amide bonds. The van der Waals surface area contributed by atoms with Crippen molar-refractivity contribution in [2.24, 2.45) is 11.3 Å². The minimum absolute atomic E-state index is 0.0647. The van der Waals surface area contributed by atoms with Crippen LogP contribution in [-0.4, -0.2) is 28.4 Å². The number of rotatable bonds is 9. The minimum Gasteiger partial charge on any atom is -0.481 e. The van der Waals surface area contributed by atoms with Gasteiger partial charge in [-0.2, -0.15) is 0 Å². The first-order chi connectivity index (χ1) is 13.9. The van der Waals surface area contributed by atoms with Crippen LogP contribution in [0.1, 0.15) is 71.3 Å². The summed E-state index contributed by atoms with van der Waals surface area (Å²) >= 11 is 12.1. The lowest BCUT2D eigenvalue weighted by Crippen LogP contribution is -2.33. The van der Waals surface area contributed by atoms with Gasteiger partial charge in [0, 0.05) is 11.8 Å². The number of halogens is 2. The molecule has 1 aliphatic rings. The summed E-state index contributed by atoms with van der Waals surface area (Å²) in [6.07, 6.45) is 3.59. The van der Waals surface area contributed by atoms with Crippen molar-refractivity contribution in [1.29, 1.82) is 0 Å². The van der Waals surface area contributed by atoms with Crippen LogP contribution < -0.4 is 0 Å². The van der Waals surface area contributed by atoms with E-state index in [1.807, 2.05) is 0 Å². The summed E-state index contributed by atoms with van der Waals surface area (Å²) in [7, 11) is 0. The first kappa shape index (κ1) is 24.7. The quantitative estimate of drug-likeness (QED) is 0.469. The number of ether oxygens (including phenoxy) is 1. The Morgan fingerprint density at radius 3 is 2.30 bits per heavy atom. The van der Waals surface area contributed by atoms with Gasteiger partial charge >= 0.3 is 11.9 Å².